The zero-order valence-corrected chi connectivity index (χ0v) is 13.7. The summed E-state index contributed by atoms with van der Waals surface area (Å²) in [6, 6.07) is 9.39. The predicted octanol–water partition coefficient (Wildman–Crippen LogP) is 5.24. The van der Waals surface area contributed by atoms with E-state index >= 15 is 0 Å². The molecule has 2 rings (SSSR count). The summed E-state index contributed by atoms with van der Waals surface area (Å²) >= 11 is 3.60. The molecule has 0 radical (unpaired) electrons. The van der Waals surface area contributed by atoms with Crippen molar-refractivity contribution in [3.8, 4) is 5.75 Å². The third-order valence-electron chi connectivity index (χ3n) is 3.41. The topological polar surface area (TPSA) is 9.23 Å². The third-order valence-corrected chi connectivity index (χ3v) is 4.43. The molecular weight excluding hydrogens is 319 g/mol. The van der Waals surface area contributed by atoms with Gasteiger partial charge in [0.2, 0.25) is 0 Å². The molecule has 0 fully saturated rings. The maximum absolute atomic E-state index is 14.1. The zero-order valence-electron chi connectivity index (χ0n) is 12.1. The van der Waals surface area contributed by atoms with Gasteiger partial charge in [0.1, 0.15) is 11.6 Å². The van der Waals surface area contributed by atoms with Gasteiger partial charge in [-0.3, -0.25) is 0 Å². The second kappa shape index (κ2) is 5.96. The van der Waals surface area contributed by atoms with Crippen molar-refractivity contribution in [2.45, 2.75) is 25.6 Å². The summed E-state index contributed by atoms with van der Waals surface area (Å²) in [7, 11) is 1.67. The van der Waals surface area contributed by atoms with E-state index in [1.165, 1.54) is 0 Å². The van der Waals surface area contributed by atoms with Crippen LogP contribution in [-0.4, -0.2) is 7.11 Å². The summed E-state index contributed by atoms with van der Waals surface area (Å²) in [5.74, 6) is 0.704. The maximum Gasteiger partial charge on any atom is 0.128 e. The second-order valence-electron chi connectivity index (χ2n) is 5.08. The molecule has 0 aliphatic carbocycles. The molecule has 0 spiro atoms. The van der Waals surface area contributed by atoms with Gasteiger partial charge in [-0.15, -0.1) is 0 Å². The predicted molar refractivity (Wildman–Crippen MR) is 84.4 cm³/mol. The molecule has 0 N–H and O–H groups in total. The number of alkyl halides is 1. The van der Waals surface area contributed by atoms with Crippen LogP contribution in [0.3, 0.4) is 0 Å². The van der Waals surface area contributed by atoms with Crippen molar-refractivity contribution < 1.29 is 9.13 Å². The number of rotatable bonds is 3. The number of hydrogen-bond donors (Lipinski definition) is 0. The first kappa shape index (κ1) is 15.0. The molecule has 0 heterocycles. The van der Waals surface area contributed by atoms with E-state index in [1.54, 1.807) is 13.2 Å². The smallest absolute Gasteiger partial charge is 0.128 e. The van der Waals surface area contributed by atoms with Crippen LogP contribution in [0.25, 0.3) is 0 Å². The van der Waals surface area contributed by atoms with E-state index in [-0.39, 0.29) is 10.6 Å². The molecule has 0 amide bonds. The van der Waals surface area contributed by atoms with Crippen LogP contribution in [0.4, 0.5) is 4.39 Å². The molecule has 1 atom stereocenters. The highest BCUT2D eigenvalue weighted by Gasteiger charge is 2.17. The molecule has 20 heavy (non-hydrogen) atoms. The number of ether oxygens (including phenoxy) is 1. The molecule has 0 aliphatic heterocycles. The molecule has 106 valence electrons. The van der Waals surface area contributed by atoms with E-state index in [4.69, 9.17) is 4.74 Å². The Balaban J connectivity index is 2.45. The van der Waals surface area contributed by atoms with E-state index in [0.29, 0.717) is 5.56 Å². The first-order chi connectivity index (χ1) is 9.43. The number of hydrogen-bond acceptors (Lipinski definition) is 1. The normalized spacial score (nSPS) is 12.3. The largest absolute Gasteiger partial charge is 0.496 e. The zero-order chi connectivity index (χ0) is 14.9. The van der Waals surface area contributed by atoms with Crippen molar-refractivity contribution in [1.29, 1.82) is 0 Å². The van der Waals surface area contributed by atoms with Gasteiger partial charge >= 0.3 is 0 Å². The highest BCUT2D eigenvalue weighted by Crippen LogP contribution is 2.36. The summed E-state index contributed by atoms with van der Waals surface area (Å²) in [5, 5.41) is 0. The van der Waals surface area contributed by atoms with Crippen LogP contribution in [0.1, 0.15) is 32.6 Å². The molecule has 2 aromatic carbocycles. The van der Waals surface area contributed by atoms with Crippen LogP contribution in [0.5, 0.6) is 5.75 Å². The molecule has 0 saturated heterocycles. The number of methoxy groups -OCH3 is 1. The standard InChI is InChI=1S/C17H18BrFO/c1-10-5-6-14(15(19)7-10)16(18)13-8-11(2)17(20-4)12(3)9-13/h5-9,16H,1-4H3. The van der Waals surface area contributed by atoms with E-state index in [0.717, 1.165) is 28.0 Å². The lowest BCUT2D eigenvalue weighted by atomic mass is 9.98. The SMILES string of the molecule is COc1c(C)cc(C(Br)c2ccc(C)cc2F)cc1C. The van der Waals surface area contributed by atoms with E-state index in [9.17, 15) is 4.39 Å². The Hall–Kier alpha value is -1.35. The van der Waals surface area contributed by atoms with Crippen molar-refractivity contribution in [3.05, 3.63) is 64.0 Å². The first-order valence-corrected chi connectivity index (χ1v) is 7.41. The van der Waals surface area contributed by atoms with Gasteiger partial charge in [0.05, 0.1) is 11.9 Å². The van der Waals surface area contributed by atoms with Crippen molar-refractivity contribution in [2.24, 2.45) is 0 Å². The van der Waals surface area contributed by atoms with Crippen LogP contribution < -0.4 is 4.74 Å². The molecule has 0 saturated carbocycles. The molecule has 3 heteroatoms. The number of aryl methyl sites for hydroxylation is 3. The van der Waals surface area contributed by atoms with E-state index in [2.05, 4.69) is 15.9 Å². The summed E-state index contributed by atoms with van der Waals surface area (Å²) in [6.07, 6.45) is 0. The lowest BCUT2D eigenvalue weighted by Gasteiger charge is -2.16. The minimum Gasteiger partial charge on any atom is -0.496 e. The van der Waals surface area contributed by atoms with Gasteiger partial charge in [0.15, 0.2) is 0 Å². The quantitative estimate of drug-likeness (QED) is 0.696. The number of benzene rings is 2. The first-order valence-electron chi connectivity index (χ1n) is 6.49. The Labute approximate surface area is 127 Å². The highest BCUT2D eigenvalue weighted by molar-refractivity contribution is 9.09. The van der Waals surface area contributed by atoms with Crippen LogP contribution >= 0.6 is 15.9 Å². The molecule has 0 aromatic heterocycles. The summed E-state index contributed by atoms with van der Waals surface area (Å²) < 4.78 is 19.4. The van der Waals surface area contributed by atoms with Crippen molar-refractivity contribution in [1.82, 2.24) is 0 Å². The minimum absolute atomic E-state index is 0.161. The average molecular weight is 337 g/mol. The van der Waals surface area contributed by atoms with Gasteiger partial charge in [-0.25, -0.2) is 4.39 Å². The summed E-state index contributed by atoms with van der Waals surface area (Å²) in [5.41, 5.74) is 4.72. The average Bonchev–Trinajstić information content (AvgIpc) is 2.37. The van der Waals surface area contributed by atoms with Gasteiger partial charge in [-0.2, -0.15) is 0 Å². The molecule has 2 aromatic rings. The van der Waals surface area contributed by atoms with Gasteiger partial charge in [-0.1, -0.05) is 40.2 Å². The number of halogens is 2. The molecule has 1 unspecified atom stereocenters. The molecular formula is C17H18BrFO. The van der Waals surface area contributed by atoms with Crippen LogP contribution in [0.15, 0.2) is 30.3 Å². The summed E-state index contributed by atoms with van der Waals surface area (Å²) in [4.78, 5) is -0.161. The minimum atomic E-state index is -0.182. The fourth-order valence-corrected chi connectivity index (χ4v) is 3.10. The molecule has 0 bridgehead atoms. The Morgan fingerprint density at radius 1 is 1.05 bits per heavy atom. The van der Waals surface area contributed by atoms with E-state index in [1.807, 2.05) is 45.0 Å². The van der Waals surface area contributed by atoms with Crippen LogP contribution in [0, 0.1) is 26.6 Å². The van der Waals surface area contributed by atoms with Crippen molar-refractivity contribution in [2.75, 3.05) is 7.11 Å². The Morgan fingerprint density at radius 3 is 2.15 bits per heavy atom. The third kappa shape index (κ3) is 2.88. The maximum atomic E-state index is 14.1. The summed E-state index contributed by atoms with van der Waals surface area (Å²) in [6.45, 7) is 5.89. The lowest BCUT2D eigenvalue weighted by Crippen LogP contribution is -2.00. The van der Waals surface area contributed by atoms with Gasteiger partial charge < -0.3 is 4.74 Å². The van der Waals surface area contributed by atoms with Gasteiger partial charge in [-0.05, 0) is 49.1 Å². The van der Waals surface area contributed by atoms with Crippen molar-refractivity contribution >= 4 is 15.9 Å². The highest BCUT2D eigenvalue weighted by atomic mass is 79.9. The Kier molecular flexibility index (Phi) is 4.48. The fraction of sp³-hybridized carbons (Fsp3) is 0.294. The van der Waals surface area contributed by atoms with Gasteiger partial charge in [0, 0.05) is 5.56 Å². The second-order valence-corrected chi connectivity index (χ2v) is 5.99. The Morgan fingerprint density at radius 2 is 1.65 bits per heavy atom. The fourth-order valence-electron chi connectivity index (χ4n) is 2.47. The van der Waals surface area contributed by atoms with Crippen LogP contribution in [0.2, 0.25) is 0 Å². The molecule has 0 aliphatic rings. The van der Waals surface area contributed by atoms with Gasteiger partial charge in [0.25, 0.3) is 0 Å². The lowest BCUT2D eigenvalue weighted by molar-refractivity contribution is 0.408. The van der Waals surface area contributed by atoms with Crippen molar-refractivity contribution in [3.63, 3.8) is 0 Å². The van der Waals surface area contributed by atoms with E-state index < -0.39 is 0 Å². The molecule has 1 nitrogen and oxygen atoms in total. The van der Waals surface area contributed by atoms with Crippen LogP contribution in [-0.2, 0) is 0 Å². The Bertz CT molecular complexity index is 614. The monoisotopic (exact) mass is 336 g/mol.